The highest BCUT2D eigenvalue weighted by atomic mass is 32.1. The maximum absolute atomic E-state index is 11.8. The first-order valence-electron chi connectivity index (χ1n) is 5.89. The smallest absolute Gasteiger partial charge is 0.328 e. The van der Waals surface area contributed by atoms with E-state index in [1.165, 1.54) is 0 Å². The van der Waals surface area contributed by atoms with Crippen molar-refractivity contribution in [1.82, 2.24) is 19.5 Å². The van der Waals surface area contributed by atoms with Crippen LogP contribution in [-0.2, 0) is 13.0 Å². The van der Waals surface area contributed by atoms with Crippen molar-refractivity contribution >= 4 is 23.4 Å². The van der Waals surface area contributed by atoms with E-state index in [0.29, 0.717) is 16.8 Å². The van der Waals surface area contributed by atoms with E-state index in [9.17, 15) is 4.79 Å². The zero-order chi connectivity index (χ0) is 12.4. The van der Waals surface area contributed by atoms with Crippen LogP contribution in [0.3, 0.4) is 0 Å². The minimum Gasteiger partial charge on any atom is -0.338 e. The monoisotopic (exact) mass is 252 g/mol. The van der Waals surface area contributed by atoms with Gasteiger partial charge in [0.2, 0.25) is 0 Å². The number of aromatic nitrogens is 4. The number of H-pyrrole nitrogens is 2. The molecule has 0 amide bonds. The Labute approximate surface area is 104 Å². The van der Waals surface area contributed by atoms with Crippen LogP contribution in [0.1, 0.15) is 32.5 Å². The molecule has 0 unspecified atom stereocenters. The standard InChI is InChI=1S/C11H16N4OS/c1-3-5-6-15-9-8(10(17)14-11(15)16)12-7(4-2)13-9/h3-6H2,1-2H3,(H,12,13)(H,14,16,17). The van der Waals surface area contributed by atoms with E-state index in [2.05, 4.69) is 21.9 Å². The fourth-order valence-electron chi connectivity index (χ4n) is 1.78. The highest BCUT2D eigenvalue weighted by Gasteiger charge is 2.09. The lowest BCUT2D eigenvalue weighted by Crippen LogP contribution is -2.23. The number of nitrogens with one attached hydrogen (secondary N) is 2. The van der Waals surface area contributed by atoms with Gasteiger partial charge >= 0.3 is 5.69 Å². The molecule has 2 N–H and O–H groups in total. The number of rotatable bonds is 4. The lowest BCUT2D eigenvalue weighted by atomic mass is 10.3. The first-order valence-corrected chi connectivity index (χ1v) is 6.29. The summed E-state index contributed by atoms with van der Waals surface area (Å²) in [6.45, 7) is 4.78. The molecule has 0 spiro atoms. The Hall–Kier alpha value is -1.43. The largest absolute Gasteiger partial charge is 0.338 e. The van der Waals surface area contributed by atoms with E-state index in [1.54, 1.807) is 4.57 Å². The van der Waals surface area contributed by atoms with Crippen LogP contribution in [0.25, 0.3) is 11.2 Å². The molecule has 0 fully saturated rings. The average molecular weight is 252 g/mol. The summed E-state index contributed by atoms with van der Waals surface area (Å²) in [4.78, 5) is 22.1. The molecule has 2 rings (SSSR count). The summed E-state index contributed by atoms with van der Waals surface area (Å²) >= 11 is 5.13. The van der Waals surface area contributed by atoms with Crippen LogP contribution in [0.5, 0.6) is 0 Å². The van der Waals surface area contributed by atoms with E-state index in [0.717, 1.165) is 30.6 Å². The Morgan fingerprint density at radius 2 is 2.12 bits per heavy atom. The number of imidazole rings is 1. The molecular weight excluding hydrogens is 236 g/mol. The molecule has 0 atom stereocenters. The lowest BCUT2D eigenvalue weighted by Gasteiger charge is -2.04. The quantitative estimate of drug-likeness (QED) is 0.819. The second-order valence-corrected chi connectivity index (χ2v) is 4.41. The molecule has 2 heterocycles. The first kappa shape index (κ1) is 12.0. The summed E-state index contributed by atoms with van der Waals surface area (Å²) in [6.07, 6.45) is 2.79. The van der Waals surface area contributed by atoms with Crippen molar-refractivity contribution in [2.75, 3.05) is 0 Å². The van der Waals surface area contributed by atoms with E-state index < -0.39 is 0 Å². The normalized spacial score (nSPS) is 11.2. The Bertz CT molecular complexity index is 637. The van der Waals surface area contributed by atoms with Crippen LogP contribution in [0, 0.1) is 4.64 Å². The molecular formula is C11H16N4OS. The van der Waals surface area contributed by atoms with Gasteiger partial charge in [-0.15, -0.1) is 0 Å². The molecule has 0 aliphatic heterocycles. The summed E-state index contributed by atoms with van der Waals surface area (Å²) in [6, 6.07) is 0. The van der Waals surface area contributed by atoms with Gasteiger partial charge in [0, 0.05) is 13.0 Å². The molecule has 5 nitrogen and oxygen atoms in total. The zero-order valence-electron chi connectivity index (χ0n) is 10.0. The molecule has 2 aromatic rings. The number of aryl methyl sites for hydroxylation is 2. The maximum atomic E-state index is 11.8. The van der Waals surface area contributed by atoms with Gasteiger partial charge in [-0.25, -0.2) is 9.78 Å². The fraction of sp³-hybridized carbons (Fsp3) is 0.545. The van der Waals surface area contributed by atoms with Gasteiger partial charge in [-0.1, -0.05) is 32.5 Å². The number of hydrogen-bond donors (Lipinski definition) is 2. The van der Waals surface area contributed by atoms with Gasteiger partial charge in [0.05, 0.1) is 0 Å². The minimum absolute atomic E-state index is 0.176. The summed E-state index contributed by atoms with van der Waals surface area (Å²) in [5, 5.41) is 0. The highest BCUT2D eigenvalue weighted by molar-refractivity contribution is 7.71. The second kappa shape index (κ2) is 4.83. The molecule has 0 saturated heterocycles. The van der Waals surface area contributed by atoms with Gasteiger partial charge in [0.1, 0.15) is 16.0 Å². The SMILES string of the molecule is CCCCn1c(=O)[nH]c(=S)c2[nH]c(CC)nc21. The average Bonchev–Trinajstić information content (AvgIpc) is 2.73. The van der Waals surface area contributed by atoms with Gasteiger partial charge in [0.25, 0.3) is 0 Å². The van der Waals surface area contributed by atoms with E-state index >= 15 is 0 Å². The Balaban J connectivity index is 2.68. The third kappa shape index (κ3) is 2.17. The molecule has 2 aromatic heterocycles. The Morgan fingerprint density at radius 1 is 1.35 bits per heavy atom. The second-order valence-electron chi connectivity index (χ2n) is 4.00. The van der Waals surface area contributed by atoms with Crippen LogP contribution in [-0.4, -0.2) is 19.5 Å². The molecule has 0 saturated carbocycles. The highest BCUT2D eigenvalue weighted by Crippen LogP contribution is 2.11. The molecule has 6 heteroatoms. The van der Waals surface area contributed by atoms with Crippen LogP contribution in [0.2, 0.25) is 0 Å². The van der Waals surface area contributed by atoms with Crippen molar-refractivity contribution in [3.63, 3.8) is 0 Å². The molecule has 92 valence electrons. The number of fused-ring (bicyclic) bond motifs is 1. The fourth-order valence-corrected chi connectivity index (χ4v) is 2.01. The topological polar surface area (TPSA) is 66.5 Å². The Kier molecular flexibility index (Phi) is 3.42. The van der Waals surface area contributed by atoms with Gasteiger partial charge in [0.15, 0.2) is 5.65 Å². The van der Waals surface area contributed by atoms with Crippen molar-refractivity contribution in [1.29, 1.82) is 0 Å². The molecule has 0 bridgehead atoms. The van der Waals surface area contributed by atoms with Crippen molar-refractivity contribution in [2.45, 2.75) is 39.7 Å². The number of unbranched alkanes of at least 4 members (excludes halogenated alkanes) is 1. The third-order valence-corrected chi connectivity index (χ3v) is 3.06. The Morgan fingerprint density at radius 3 is 2.76 bits per heavy atom. The van der Waals surface area contributed by atoms with E-state index in [4.69, 9.17) is 12.2 Å². The van der Waals surface area contributed by atoms with Gasteiger partial charge in [-0.05, 0) is 6.42 Å². The van der Waals surface area contributed by atoms with Gasteiger partial charge < -0.3 is 4.98 Å². The van der Waals surface area contributed by atoms with Crippen molar-refractivity contribution < 1.29 is 0 Å². The van der Waals surface area contributed by atoms with Crippen LogP contribution in [0.4, 0.5) is 0 Å². The molecule has 17 heavy (non-hydrogen) atoms. The molecule has 0 aliphatic rings. The lowest BCUT2D eigenvalue weighted by molar-refractivity contribution is 0.614. The summed E-state index contributed by atoms with van der Waals surface area (Å²) in [5.74, 6) is 0.857. The molecule has 0 radical (unpaired) electrons. The van der Waals surface area contributed by atoms with Crippen molar-refractivity contribution in [2.24, 2.45) is 0 Å². The summed E-state index contributed by atoms with van der Waals surface area (Å²) < 4.78 is 2.09. The van der Waals surface area contributed by atoms with Crippen molar-refractivity contribution in [3.8, 4) is 0 Å². The minimum atomic E-state index is -0.176. The van der Waals surface area contributed by atoms with Crippen LogP contribution < -0.4 is 5.69 Å². The first-order chi connectivity index (χ1) is 8.17. The third-order valence-electron chi connectivity index (χ3n) is 2.75. The van der Waals surface area contributed by atoms with Crippen LogP contribution >= 0.6 is 12.2 Å². The maximum Gasteiger partial charge on any atom is 0.328 e. The van der Waals surface area contributed by atoms with Gasteiger partial charge in [-0.3, -0.25) is 9.55 Å². The predicted molar refractivity (Wildman–Crippen MR) is 69.8 cm³/mol. The summed E-state index contributed by atoms with van der Waals surface area (Å²) in [5.41, 5.74) is 1.25. The number of nitrogens with zero attached hydrogens (tertiary/aromatic N) is 2. The summed E-state index contributed by atoms with van der Waals surface area (Å²) in [7, 11) is 0. The predicted octanol–water partition coefficient (Wildman–Crippen LogP) is 2.14. The molecule has 0 aromatic carbocycles. The van der Waals surface area contributed by atoms with Crippen LogP contribution in [0.15, 0.2) is 4.79 Å². The molecule has 0 aliphatic carbocycles. The van der Waals surface area contributed by atoms with Crippen molar-refractivity contribution in [3.05, 3.63) is 20.9 Å². The van der Waals surface area contributed by atoms with E-state index in [1.807, 2.05) is 6.92 Å². The number of aromatic amines is 2. The van der Waals surface area contributed by atoms with Gasteiger partial charge in [-0.2, -0.15) is 0 Å². The number of hydrogen-bond acceptors (Lipinski definition) is 3. The van der Waals surface area contributed by atoms with E-state index in [-0.39, 0.29) is 5.69 Å². The zero-order valence-corrected chi connectivity index (χ0v) is 10.9.